The minimum atomic E-state index is 0. The number of halogens is 1. The smallest absolute Gasteiger partial charge is 0.229 e. The van der Waals surface area contributed by atoms with Gasteiger partial charge in [-0.25, -0.2) is 4.99 Å². The molecule has 2 N–H and O–H groups in total. The van der Waals surface area contributed by atoms with Crippen LogP contribution in [0.2, 0.25) is 0 Å². The van der Waals surface area contributed by atoms with E-state index >= 15 is 0 Å². The molecule has 1 aromatic carbocycles. The first-order chi connectivity index (χ1) is 13.3. The molecule has 1 fully saturated rings. The number of hydrogen-bond acceptors (Lipinski definition) is 4. The van der Waals surface area contributed by atoms with Crippen LogP contribution in [0.15, 0.2) is 59.9 Å². The number of nitrogens with one attached hydrogen (secondary N) is 2. The van der Waals surface area contributed by atoms with Crippen LogP contribution in [0, 0.1) is 0 Å². The fourth-order valence-corrected chi connectivity index (χ4v) is 2.93. The topological polar surface area (TPSA) is 78.9 Å². The SMILES string of the molecule is CCNC(=NCCOc1cccnc1)NC1CC(=O)N(c2ccccc2)C1.I. The Morgan fingerprint density at radius 1 is 1.29 bits per heavy atom. The molecule has 1 unspecified atom stereocenters. The monoisotopic (exact) mass is 495 g/mol. The van der Waals surface area contributed by atoms with Gasteiger partial charge >= 0.3 is 0 Å². The van der Waals surface area contributed by atoms with Gasteiger partial charge in [0.25, 0.3) is 0 Å². The molecule has 7 nitrogen and oxygen atoms in total. The maximum atomic E-state index is 12.3. The molecule has 3 rings (SSSR count). The van der Waals surface area contributed by atoms with Crippen molar-refractivity contribution in [1.82, 2.24) is 15.6 Å². The summed E-state index contributed by atoms with van der Waals surface area (Å²) in [7, 11) is 0. The number of nitrogens with zero attached hydrogens (tertiary/aromatic N) is 3. The Morgan fingerprint density at radius 2 is 2.11 bits per heavy atom. The lowest BCUT2D eigenvalue weighted by atomic mass is 10.2. The van der Waals surface area contributed by atoms with Crippen molar-refractivity contribution in [3.05, 3.63) is 54.9 Å². The van der Waals surface area contributed by atoms with E-state index in [1.54, 1.807) is 12.4 Å². The summed E-state index contributed by atoms with van der Waals surface area (Å²) >= 11 is 0. The number of para-hydroxylation sites is 1. The number of guanidine groups is 1. The number of aliphatic imine (C=N–C) groups is 1. The normalized spacial score (nSPS) is 16.5. The molecule has 0 radical (unpaired) electrons. The van der Waals surface area contributed by atoms with E-state index in [1.807, 2.05) is 54.3 Å². The number of aromatic nitrogens is 1. The van der Waals surface area contributed by atoms with Crippen molar-refractivity contribution < 1.29 is 9.53 Å². The fraction of sp³-hybridized carbons (Fsp3) is 0.350. The van der Waals surface area contributed by atoms with Crippen molar-refractivity contribution in [2.24, 2.45) is 4.99 Å². The molecule has 0 aliphatic carbocycles. The number of ether oxygens (including phenoxy) is 1. The minimum Gasteiger partial charge on any atom is -0.490 e. The molecule has 1 saturated heterocycles. The van der Waals surface area contributed by atoms with Crippen molar-refractivity contribution in [2.75, 3.05) is 31.1 Å². The van der Waals surface area contributed by atoms with Gasteiger partial charge in [0.1, 0.15) is 12.4 Å². The number of hydrogen-bond donors (Lipinski definition) is 2. The highest BCUT2D eigenvalue weighted by molar-refractivity contribution is 14.0. The summed E-state index contributed by atoms with van der Waals surface area (Å²) < 4.78 is 5.61. The second kappa shape index (κ2) is 11.5. The predicted molar refractivity (Wildman–Crippen MR) is 121 cm³/mol. The molecule has 0 spiro atoms. The third-order valence-electron chi connectivity index (χ3n) is 4.14. The van der Waals surface area contributed by atoms with Crippen LogP contribution in [0.1, 0.15) is 13.3 Å². The fourth-order valence-electron chi connectivity index (χ4n) is 2.93. The van der Waals surface area contributed by atoms with Gasteiger partial charge in [-0.3, -0.25) is 9.78 Å². The zero-order valence-corrected chi connectivity index (χ0v) is 18.2. The van der Waals surface area contributed by atoms with Crippen LogP contribution in [0.3, 0.4) is 0 Å². The predicted octanol–water partition coefficient (Wildman–Crippen LogP) is 2.44. The molecular formula is C20H26IN5O2. The van der Waals surface area contributed by atoms with Gasteiger partial charge in [0, 0.05) is 31.4 Å². The Labute approximate surface area is 182 Å². The summed E-state index contributed by atoms with van der Waals surface area (Å²) in [4.78, 5) is 22.7. The molecule has 2 heterocycles. The molecule has 8 heteroatoms. The van der Waals surface area contributed by atoms with Gasteiger partial charge in [-0.05, 0) is 31.2 Å². The van der Waals surface area contributed by atoms with E-state index in [9.17, 15) is 4.79 Å². The van der Waals surface area contributed by atoms with Gasteiger partial charge in [-0.2, -0.15) is 0 Å². The number of anilines is 1. The summed E-state index contributed by atoms with van der Waals surface area (Å²) in [6, 6.07) is 13.5. The van der Waals surface area contributed by atoms with Crippen molar-refractivity contribution >= 4 is 41.5 Å². The molecular weight excluding hydrogens is 469 g/mol. The number of benzene rings is 1. The van der Waals surface area contributed by atoms with Crippen LogP contribution in [0.25, 0.3) is 0 Å². The summed E-state index contributed by atoms with van der Waals surface area (Å²) in [5, 5.41) is 6.57. The number of carbonyl (C=O) groups excluding carboxylic acids is 1. The van der Waals surface area contributed by atoms with Gasteiger partial charge in [-0.15, -0.1) is 24.0 Å². The van der Waals surface area contributed by atoms with Gasteiger partial charge < -0.3 is 20.3 Å². The number of amides is 1. The molecule has 1 aromatic heterocycles. The molecule has 1 aliphatic heterocycles. The summed E-state index contributed by atoms with van der Waals surface area (Å²) in [6.45, 7) is 4.35. The van der Waals surface area contributed by atoms with Crippen LogP contribution in [-0.4, -0.2) is 49.1 Å². The Balaban J connectivity index is 0.00000280. The number of rotatable bonds is 7. The van der Waals surface area contributed by atoms with Gasteiger partial charge in [0.15, 0.2) is 5.96 Å². The maximum Gasteiger partial charge on any atom is 0.229 e. The van der Waals surface area contributed by atoms with E-state index in [0.717, 1.165) is 18.0 Å². The first-order valence-electron chi connectivity index (χ1n) is 9.19. The zero-order chi connectivity index (χ0) is 18.9. The zero-order valence-electron chi connectivity index (χ0n) is 15.9. The molecule has 28 heavy (non-hydrogen) atoms. The lowest BCUT2D eigenvalue weighted by Gasteiger charge is -2.19. The summed E-state index contributed by atoms with van der Waals surface area (Å²) in [6.07, 6.45) is 3.83. The molecule has 0 saturated carbocycles. The maximum absolute atomic E-state index is 12.3. The van der Waals surface area contributed by atoms with E-state index in [1.165, 1.54) is 0 Å². The van der Waals surface area contributed by atoms with Crippen molar-refractivity contribution in [2.45, 2.75) is 19.4 Å². The standard InChI is InChI=1S/C20H25N5O2.HI/c1-2-22-20(23-11-12-27-18-9-6-10-21-14-18)24-16-13-19(26)25(15-16)17-7-4-3-5-8-17;/h3-10,14,16H,2,11-13,15H2,1H3,(H2,22,23,24);1H. The third-order valence-corrected chi connectivity index (χ3v) is 4.14. The lowest BCUT2D eigenvalue weighted by Crippen LogP contribution is -2.44. The van der Waals surface area contributed by atoms with E-state index in [0.29, 0.717) is 32.1 Å². The third kappa shape index (κ3) is 6.36. The highest BCUT2D eigenvalue weighted by Crippen LogP contribution is 2.20. The summed E-state index contributed by atoms with van der Waals surface area (Å²) in [5.74, 6) is 1.54. The molecule has 1 aliphatic rings. The van der Waals surface area contributed by atoms with Crippen LogP contribution in [0.5, 0.6) is 5.75 Å². The van der Waals surface area contributed by atoms with E-state index in [2.05, 4.69) is 20.6 Å². The van der Waals surface area contributed by atoms with Gasteiger partial charge in [-0.1, -0.05) is 18.2 Å². The van der Waals surface area contributed by atoms with Gasteiger partial charge in [0.05, 0.1) is 18.8 Å². The second-order valence-electron chi connectivity index (χ2n) is 6.18. The lowest BCUT2D eigenvalue weighted by molar-refractivity contribution is -0.117. The van der Waals surface area contributed by atoms with E-state index < -0.39 is 0 Å². The minimum absolute atomic E-state index is 0. The van der Waals surface area contributed by atoms with Crippen molar-refractivity contribution in [3.63, 3.8) is 0 Å². The molecule has 0 bridgehead atoms. The van der Waals surface area contributed by atoms with Crippen LogP contribution < -0.4 is 20.3 Å². The first kappa shape index (κ1) is 21.9. The molecule has 150 valence electrons. The molecule has 1 atom stereocenters. The average molecular weight is 495 g/mol. The Morgan fingerprint density at radius 3 is 2.82 bits per heavy atom. The van der Waals surface area contributed by atoms with Crippen molar-refractivity contribution in [3.8, 4) is 5.75 Å². The number of pyridine rings is 1. The second-order valence-corrected chi connectivity index (χ2v) is 6.18. The van der Waals surface area contributed by atoms with Crippen LogP contribution >= 0.6 is 24.0 Å². The summed E-state index contributed by atoms with van der Waals surface area (Å²) in [5.41, 5.74) is 0.929. The Bertz CT molecular complexity index is 758. The Hall–Kier alpha value is -2.36. The molecule has 2 aromatic rings. The highest BCUT2D eigenvalue weighted by Gasteiger charge is 2.30. The first-order valence-corrected chi connectivity index (χ1v) is 9.19. The van der Waals surface area contributed by atoms with E-state index in [-0.39, 0.29) is 35.9 Å². The number of carbonyl (C=O) groups is 1. The van der Waals surface area contributed by atoms with Crippen LogP contribution in [-0.2, 0) is 4.79 Å². The highest BCUT2D eigenvalue weighted by atomic mass is 127. The van der Waals surface area contributed by atoms with Gasteiger partial charge in [0.2, 0.25) is 5.91 Å². The molecule has 1 amide bonds. The van der Waals surface area contributed by atoms with Crippen molar-refractivity contribution in [1.29, 1.82) is 0 Å². The Kier molecular flexibility index (Phi) is 8.99. The van der Waals surface area contributed by atoms with Crippen LogP contribution in [0.4, 0.5) is 5.69 Å². The van der Waals surface area contributed by atoms with E-state index in [4.69, 9.17) is 4.74 Å². The largest absolute Gasteiger partial charge is 0.490 e. The average Bonchev–Trinajstić information content (AvgIpc) is 3.07. The quantitative estimate of drug-likeness (QED) is 0.267.